The van der Waals surface area contributed by atoms with Gasteiger partial charge in [-0.25, -0.2) is 0 Å². The van der Waals surface area contributed by atoms with E-state index < -0.39 is 26.6 Å². The van der Waals surface area contributed by atoms with Gasteiger partial charge in [-0.1, -0.05) is 0 Å². The number of fused-ring (bicyclic) bond motifs is 1. The molecule has 0 spiro atoms. The Morgan fingerprint density at radius 3 is 1.93 bits per heavy atom. The molecule has 2 heterocycles. The molecule has 0 amide bonds. The first-order chi connectivity index (χ1) is 13.6. The molecular formula is C25H48N2SiSn. The second kappa shape index (κ2) is 10.5. The van der Waals surface area contributed by atoms with Gasteiger partial charge in [0.05, 0.1) is 0 Å². The van der Waals surface area contributed by atoms with Gasteiger partial charge in [0.15, 0.2) is 0 Å². The summed E-state index contributed by atoms with van der Waals surface area (Å²) < 4.78 is 9.10. The molecule has 0 atom stereocenters. The van der Waals surface area contributed by atoms with Crippen molar-refractivity contribution in [2.45, 2.75) is 118 Å². The second-order valence-electron chi connectivity index (χ2n) is 11.0. The fourth-order valence-corrected chi connectivity index (χ4v) is 22.8. The molecule has 29 heavy (non-hydrogen) atoms. The van der Waals surface area contributed by atoms with E-state index in [1.54, 1.807) is 9.14 Å². The van der Waals surface area contributed by atoms with E-state index in [-0.39, 0.29) is 0 Å². The van der Waals surface area contributed by atoms with Crippen LogP contribution in [-0.2, 0) is 6.42 Å². The van der Waals surface area contributed by atoms with Crippen molar-refractivity contribution in [2.24, 2.45) is 0 Å². The summed E-state index contributed by atoms with van der Waals surface area (Å²) in [4.78, 5) is 5.22. The first-order valence-electron chi connectivity index (χ1n) is 12.4. The fourth-order valence-electron chi connectivity index (χ4n) is 4.86. The minimum absolute atomic E-state index is 0.362. The third-order valence-corrected chi connectivity index (χ3v) is 28.9. The molecule has 0 aromatic carbocycles. The third kappa shape index (κ3) is 5.61. The summed E-state index contributed by atoms with van der Waals surface area (Å²) in [7, 11) is -1.56. The SMILES string of the molecule is CCC[CH2][Sn]([CH2]CCC)([CH2]CCC)[c]1cnc2c(c1)CCN2[Si](C)(C)C(C)(C)C. The van der Waals surface area contributed by atoms with Gasteiger partial charge in [-0.2, -0.15) is 0 Å². The Balaban J connectivity index is 2.42. The molecule has 0 unspecified atom stereocenters. The predicted octanol–water partition coefficient (Wildman–Crippen LogP) is 7.51. The van der Waals surface area contributed by atoms with Crippen molar-refractivity contribution in [1.82, 2.24) is 4.98 Å². The standard InChI is InChI=1S/C13H21N2Si.3C4H9.Sn/c1-13(2,3)16(4,5)15-10-8-11-7-6-9-14-12(11)15;3*1-3-4-2;/h7,9H,8,10H2,1-5H3;3*1,3-4H2,2H3;. The summed E-state index contributed by atoms with van der Waals surface area (Å²) in [5, 5.41) is 0.362. The first-order valence-corrected chi connectivity index (χ1v) is 22.8. The summed E-state index contributed by atoms with van der Waals surface area (Å²) in [5.41, 5.74) is 1.57. The van der Waals surface area contributed by atoms with Gasteiger partial charge in [0, 0.05) is 0 Å². The van der Waals surface area contributed by atoms with Crippen molar-refractivity contribution < 1.29 is 0 Å². The van der Waals surface area contributed by atoms with E-state index in [1.807, 2.05) is 0 Å². The van der Waals surface area contributed by atoms with Crippen LogP contribution in [0.1, 0.15) is 85.6 Å². The number of hydrogen-bond donors (Lipinski definition) is 0. The molecule has 1 aromatic rings. The van der Waals surface area contributed by atoms with Gasteiger partial charge in [-0.15, -0.1) is 0 Å². The summed E-state index contributed by atoms with van der Waals surface area (Å²) in [6.07, 6.45) is 11.9. The number of aromatic nitrogens is 1. The van der Waals surface area contributed by atoms with Gasteiger partial charge >= 0.3 is 188 Å². The zero-order valence-electron chi connectivity index (χ0n) is 20.8. The van der Waals surface area contributed by atoms with Gasteiger partial charge < -0.3 is 0 Å². The summed E-state index contributed by atoms with van der Waals surface area (Å²) in [5.74, 6) is 1.34. The molecule has 0 aliphatic carbocycles. The molecular weight excluding hydrogens is 475 g/mol. The monoisotopic (exact) mass is 524 g/mol. The average Bonchev–Trinajstić information content (AvgIpc) is 3.11. The second-order valence-corrected chi connectivity index (χ2v) is 29.4. The first kappa shape index (κ1) is 25.2. The van der Waals surface area contributed by atoms with Crippen molar-refractivity contribution in [2.75, 3.05) is 11.1 Å². The van der Waals surface area contributed by atoms with Crippen molar-refractivity contribution in [3.05, 3.63) is 17.8 Å². The number of rotatable bonds is 11. The predicted molar refractivity (Wildman–Crippen MR) is 137 cm³/mol. The van der Waals surface area contributed by atoms with Crippen molar-refractivity contribution in [3.8, 4) is 0 Å². The molecule has 0 bridgehead atoms. The molecule has 166 valence electrons. The van der Waals surface area contributed by atoms with Crippen LogP contribution in [0.5, 0.6) is 0 Å². The van der Waals surface area contributed by atoms with E-state index >= 15 is 0 Å². The molecule has 0 radical (unpaired) electrons. The number of pyridine rings is 1. The van der Waals surface area contributed by atoms with Crippen LogP contribution >= 0.6 is 0 Å². The average molecular weight is 523 g/mol. The van der Waals surface area contributed by atoms with Crippen LogP contribution in [0.4, 0.5) is 5.82 Å². The number of unbranched alkanes of at least 4 members (excludes halogenated alkanes) is 3. The van der Waals surface area contributed by atoms with Gasteiger partial charge in [0.2, 0.25) is 0 Å². The number of hydrogen-bond acceptors (Lipinski definition) is 2. The molecule has 0 N–H and O–H groups in total. The Morgan fingerprint density at radius 1 is 0.966 bits per heavy atom. The summed E-state index contributed by atoms with van der Waals surface area (Å²) in [6.45, 7) is 20.6. The van der Waals surface area contributed by atoms with Crippen LogP contribution in [0.15, 0.2) is 12.3 Å². The Morgan fingerprint density at radius 2 is 1.48 bits per heavy atom. The Kier molecular flexibility index (Phi) is 9.15. The Bertz CT molecular complexity index is 629. The maximum absolute atomic E-state index is 5.22. The topological polar surface area (TPSA) is 16.1 Å². The van der Waals surface area contributed by atoms with Gasteiger partial charge in [-0.05, 0) is 0 Å². The zero-order chi connectivity index (χ0) is 21.7. The molecule has 1 aliphatic heterocycles. The van der Waals surface area contributed by atoms with Crippen molar-refractivity contribution in [3.63, 3.8) is 0 Å². The van der Waals surface area contributed by atoms with Crippen LogP contribution in [-0.4, -0.2) is 38.1 Å². The maximum atomic E-state index is 5.22. The van der Waals surface area contributed by atoms with E-state index in [0.29, 0.717) is 5.04 Å². The van der Waals surface area contributed by atoms with Crippen molar-refractivity contribution >= 4 is 36.0 Å². The van der Waals surface area contributed by atoms with Crippen LogP contribution in [0.3, 0.4) is 0 Å². The van der Waals surface area contributed by atoms with E-state index in [0.717, 1.165) is 0 Å². The van der Waals surface area contributed by atoms with Crippen molar-refractivity contribution in [1.29, 1.82) is 0 Å². The third-order valence-electron chi connectivity index (χ3n) is 7.95. The van der Waals surface area contributed by atoms with Crippen LogP contribution in [0.25, 0.3) is 0 Å². The summed E-state index contributed by atoms with van der Waals surface area (Å²) in [6, 6.07) is 2.67. The summed E-state index contributed by atoms with van der Waals surface area (Å²) >= 11 is -2.37. The van der Waals surface area contributed by atoms with Gasteiger partial charge in [0.1, 0.15) is 0 Å². The van der Waals surface area contributed by atoms with Gasteiger partial charge in [-0.3, -0.25) is 0 Å². The molecule has 0 fully saturated rings. The van der Waals surface area contributed by atoms with Crippen LogP contribution in [0, 0.1) is 0 Å². The van der Waals surface area contributed by atoms with E-state index in [2.05, 4.69) is 71.5 Å². The number of anilines is 1. The Hall–Kier alpha value is -0.0344. The molecule has 1 aliphatic rings. The molecule has 2 nitrogen and oxygen atoms in total. The van der Waals surface area contributed by atoms with E-state index in [9.17, 15) is 0 Å². The molecule has 1 aromatic heterocycles. The zero-order valence-corrected chi connectivity index (χ0v) is 24.7. The molecule has 0 saturated heterocycles. The number of nitrogens with zero attached hydrogens (tertiary/aromatic N) is 2. The quantitative estimate of drug-likeness (QED) is 0.279. The van der Waals surface area contributed by atoms with Crippen LogP contribution < -0.4 is 8.14 Å². The van der Waals surface area contributed by atoms with E-state index in [4.69, 9.17) is 4.98 Å². The fraction of sp³-hybridized carbons (Fsp3) is 0.800. The van der Waals surface area contributed by atoms with Gasteiger partial charge in [0.25, 0.3) is 0 Å². The Labute approximate surface area is 187 Å². The normalized spacial score (nSPS) is 15.1. The molecule has 4 heteroatoms. The van der Waals surface area contributed by atoms with E-state index in [1.165, 1.54) is 70.6 Å². The molecule has 2 rings (SSSR count). The van der Waals surface area contributed by atoms with Crippen LogP contribution in [0.2, 0.25) is 31.4 Å². The minimum atomic E-state index is -2.37. The molecule has 0 saturated carbocycles.